The van der Waals surface area contributed by atoms with E-state index in [4.69, 9.17) is 14.7 Å². The lowest BCUT2D eigenvalue weighted by atomic mass is 10.1. The first-order valence-corrected chi connectivity index (χ1v) is 10.1. The number of nitrogens with one attached hydrogen (secondary N) is 1. The molecule has 0 aliphatic carbocycles. The summed E-state index contributed by atoms with van der Waals surface area (Å²) < 4.78 is 10.6. The van der Waals surface area contributed by atoms with Gasteiger partial charge in [-0.15, -0.1) is 0 Å². The van der Waals surface area contributed by atoms with E-state index in [1.807, 2.05) is 31.2 Å². The van der Waals surface area contributed by atoms with Crippen LogP contribution in [0.1, 0.15) is 11.1 Å². The normalized spacial score (nSPS) is 10.5. The smallest absolute Gasteiger partial charge is 0.248 e. The zero-order valence-electron chi connectivity index (χ0n) is 17.0. The molecule has 3 rings (SSSR count). The van der Waals surface area contributed by atoms with Crippen LogP contribution in [-0.4, -0.2) is 29.6 Å². The average Bonchev–Trinajstić information content (AvgIpc) is 2.79. The molecule has 8 heteroatoms. The van der Waals surface area contributed by atoms with Crippen molar-refractivity contribution in [3.05, 3.63) is 72.1 Å². The van der Waals surface area contributed by atoms with Crippen molar-refractivity contribution in [3.8, 4) is 17.6 Å². The van der Waals surface area contributed by atoms with Gasteiger partial charge in [-0.05, 0) is 72.3 Å². The van der Waals surface area contributed by atoms with E-state index < -0.39 is 0 Å². The summed E-state index contributed by atoms with van der Waals surface area (Å²) in [6.45, 7) is 1.86. The summed E-state index contributed by atoms with van der Waals surface area (Å²) in [4.78, 5) is 21.8. The molecule has 31 heavy (non-hydrogen) atoms. The zero-order valence-corrected chi connectivity index (χ0v) is 17.8. The Morgan fingerprint density at radius 1 is 1.19 bits per heavy atom. The van der Waals surface area contributed by atoms with Crippen molar-refractivity contribution in [1.82, 2.24) is 9.97 Å². The average molecular weight is 433 g/mol. The molecule has 1 N–H and O–H groups in total. The number of aromatic nitrogens is 2. The predicted molar refractivity (Wildman–Crippen MR) is 119 cm³/mol. The van der Waals surface area contributed by atoms with Gasteiger partial charge in [0.15, 0.2) is 23.3 Å². The first kappa shape index (κ1) is 21.9. The fourth-order valence-electron chi connectivity index (χ4n) is 2.65. The molecular formula is C23H20N4O3S. The van der Waals surface area contributed by atoms with E-state index in [2.05, 4.69) is 15.3 Å². The molecule has 3 aromatic rings. The number of hydrogen-bond donors (Lipinski definition) is 1. The van der Waals surface area contributed by atoms with Crippen LogP contribution in [0.25, 0.3) is 6.08 Å². The molecule has 0 fully saturated rings. The maximum Gasteiger partial charge on any atom is 0.248 e. The van der Waals surface area contributed by atoms with Gasteiger partial charge < -0.3 is 14.8 Å². The Balaban J connectivity index is 1.64. The van der Waals surface area contributed by atoms with E-state index in [9.17, 15) is 4.79 Å². The number of methoxy groups -OCH3 is 1. The van der Waals surface area contributed by atoms with Crippen LogP contribution in [0.2, 0.25) is 0 Å². The Morgan fingerprint density at radius 2 is 2.00 bits per heavy atom. The van der Waals surface area contributed by atoms with Crippen LogP contribution in [-0.2, 0) is 4.79 Å². The van der Waals surface area contributed by atoms with E-state index in [-0.39, 0.29) is 12.5 Å². The molecule has 0 unspecified atom stereocenters. The number of carbonyl (C=O) groups excluding carboxylic acids is 1. The number of benzene rings is 2. The number of ether oxygens (including phenoxy) is 2. The molecule has 0 aliphatic heterocycles. The summed E-state index contributed by atoms with van der Waals surface area (Å²) in [7, 11) is 1.52. The van der Waals surface area contributed by atoms with Crippen molar-refractivity contribution in [2.75, 3.05) is 19.0 Å². The molecule has 2 aromatic carbocycles. The molecule has 7 nitrogen and oxygen atoms in total. The number of nitriles is 1. The second-order valence-electron chi connectivity index (χ2n) is 6.29. The molecule has 0 aliphatic rings. The third-order valence-electron chi connectivity index (χ3n) is 4.11. The van der Waals surface area contributed by atoms with Crippen LogP contribution in [0.5, 0.6) is 11.5 Å². The summed E-state index contributed by atoms with van der Waals surface area (Å²) in [6, 6.07) is 14.6. The zero-order chi connectivity index (χ0) is 22.1. The van der Waals surface area contributed by atoms with E-state index in [1.54, 1.807) is 42.7 Å². The number of nitrogens with zero attached hydrogens (tertiary/aromatic N) is 3. The van der Waals surface area contributed by atoms with Gasteiger partial charge in [-0.3, -0.25) is 4.79 Å². The van der Waals surface area contributed by atoms with E-state index in [1.165, 1.54) is 24.9 Å². The van der Waals surface area contributed by atoms with E-state index in [0.29, 0.717) is 16.7 Å². The van der Waals surface area contributed by atoms with Crippen LogP contribution >= 0.6 is 11.8 Å². The second-order valence-corrected chi connectivity index (χ2v) is 7.33. The fourth-order valence-corrected chi connectivity index (χ4v) is 3.46. The second kappa shape index (κ2) is 10.8. The highest BCUT2D eigenvalue weighted by Crippen LogP contribution is 2.29. The van der Waals surface area contributed by atoms with Gasteiger partial charge in [-0.1, -0.05) is 6.07 Å². The Bertz CT molecular complexity index is 1130. The quantitative estimate of drug-likeness (QED) is 0.413. The number of hydrogen-bond acceptors (Lipinski definition) is 7. The number of anilines is 1. The van der Waals surface area contributed by atoms with Gasteiger partial charge in [0.05, 0.1) is 7.11 Å². The third-order valence-corrected chi connectivity index (χ3v) is 5.00. The largest absolute Gasteiger partial charge is 0.493 e. The van der Waals surface area contributed by atoms with Crippen LogP contribution < -0.4 is 14.8 Å². The Morgan fingerprint density at radius 3 is 2.71 bits per heavy atom. The highest BCUT2D eigenvalue weighted by Gasteiger charge is 2.07. The molecule has 1 heterocycles. The SMILES string of the molecule is COc1cc(/C=C/C(=O)Nc2ccc(Sc3ncccn3)cc2C)ccc1OCC#N. The van der Waals surface area contributed by atoms with Gasteiger partial charge in [0.1, 0.15) is 6.07 Å². The van der Waals surface area contributed by atoms with Gasteiger partial charge in [0, 0.05) is 29.1 Å². The number of amides is 1. The molecule has 0 radical (unpaired) electrons. The van der Waals surface area contributed by atoms with Gasteiger partial charge in [0.2, 0.25) is 5.91 Å². The molecule has 1 aromatic heterocycles. The lowest BCUT2D eigenvalue weighted by Gasteiger charge is -2.09. The minimum Gasteiger partial charge on any atom is -0.493 e. The monoisotopic (exact) mass is 432 g/mol. The molecule has 0 saturated carbocycles. The topological polar surface area (TPSA) is 97.1 Å². The van der Waals surface area contributed by atoms with Crippen molar-refractivity contribution < 1.29 is 14.3 Å². The highest BCUT2D eigenvalue weighted by molar-refractivity contribution is 7.99. The Kier molecular flexibility index (Phi) is 7.62. The van der Waals surface area contributed by atoms with Gasteiger partial charge in [-0.25, -0.2) is 9.97 Å². The van der Waals surface area contributed by atoms with Crippen molar-refractivity contribution in [2.24, 2.45) is 0 Å². The van der Waals surface area contributed by atoms with E-state index in [0.717, 1.165) is 21.7 Å². The van der Waals surface area contributed by atoms with Crippen molar-refractivity contribution in [1.29, 1.82) is 5.26 Å². The molecule has 1 amide bonds. The number of carbonyl (C=O) groups is 1. The Labute approximate surface area is 184 Å². The molecule has 156 valence electrons. The fraction of sp³-hybridized carbons (Fsp3) is 0.130. The maximum absolute atomic E-state index is 12.4. The summed E-state index contributed by atoms with van der Waals surface area (Å²) >= 11 is 1.46. The van der Waals surface area contributed by atoms with Gasteiger partial charge >= 0.3 is 0 Å². The summed E-state index contributed by atoms with van der Waals surface area (Å²) in [5, 5.41) is 12.2. The van der Waals surface area contributed by atoms with Crippen LogP contribution in [0.3, 0.4) is 0 Å². The molecule has 0 spiro atoms. The van der Waals surface area contributed by atoms with Crippen LogP contribution in [0, 0.1) is 18.3 Å². The number of rotatable bonds is 8. The maximum atomic E-state index is 12.4. The van der Waals surface area contributed by atoms with Crippen molar-refractivity contribution >= 4 is 29.4 Å². The van der Waals surface area contributed by atoms with Gasteiger partial charge in [0.25, 0.3) is 0 Å². The Hall–Kier alpha value is -3.83. The first-order chi connectivity index (χ1) is 15.1. The predicted octanol–water partition coefficient (Wildman–Crippen LogP) is 4.50. The summed E-state index contributed by atoms with van der Waals surface area (Å²) in [5.41, 5.74) is 2.43. The third kappa shape index (κ3) is 6.32. The summed E-state index contributed by atoms with van der Waals surface area (Å²) in [5.74, 6) is 0.711. The first-order valence-electron chi connectivity index (χ1n) is 9.31. The molecular weight excluding hydrogens is 412 g/mol. The van der Waals surface area contributed by atoms with Crippen molar-refractivity contribution in [3.63, 3.8) is 0 Å². The van der Waals surface area contributed by atoms with Crippen molar-refractivity contribution in [2.45, 2.75) is 17.0 Å². The minimum absolute atomic E-state index is 0.0665. The lowest BCUT2D eigenvalue weighted by molar-refractivity contribution is -0.111. The molecule has 0 saturated heterocycles. The lowest BCUT2D eigenvalue weighted by Crippen LogP contribution is -2.08. The van der Waals surface area contributed by atoms with Gasteiger partial charge in [-0.2, -0.15) is 5.26 Å². The number of aryl methyl sites for hydroxylation is 1. The van der Waals surface area contributed by atoms with Crippen LogP contribution in [0.4, 0.5) is 5.69 Å². The van der Waals surface area contributed by atoms with Crippen LogP contribution in [0.15, 0.2) is 71.0 Å². The van der Waals surface area contributed by atoms with E-state index >= 15 is 0 Å². The summed E-state index contributed by atoms with van der Waals surface area (Å²) in [6.07, 6.45) is 6.53. The molecule has 0 atom stereocenters. The highest BCUT2D eigenvalue weighted by atomic mass is 32.2. The molecule has 0 bridgehead atoms. The standard InChI is InChI=1S/C23H20N4O3S/c1-16-14-18(31-23-25-11-3-12-26-23)6-7-19(16)27-22(28)9-5-17-4-8-20(30-13-10-24)21(15-17)29-2/h3-9,11-12,14-15H,13H2,1-2H3,(H,27,28)/b9-5+. The minimum atomic E-state index is -0.251.